The first-order chi connectivity index (χ1) is 27.3. The number of fused-ring (bicyclic) bond motifs is 8. The van der Waals surface area contributed by atoms with Crippen molar-refractivity contribution in [2.75, 3.05) is 0 Å². The van der Waals surface area contributed by atoms with Crippen LogP contribution < -0.4 is 0 Å². The van der Waals surface area contributed by atoms with Crippen LogP contribution in [0.2, 0.25) is 0 Å². The number of hydrogen-bond donors (Lipinski definition) is 0. The van der Waals surface area contributed by atoms with Gasteiger partial charge in [0.1, 0.15) is 5.65 Å². The quantitative estimate of drug-likeness (QED) is 0.168. The fourth-order valence-corrected chi connectivity index (χ4v) is 8.27. The second-order valence-electron chi connectivity index (χ2n) is 14.0. The van der Waals surface area contributed by atoms with Crippen molar-refractivity contribution in [3.8, 4) is 56.2 Å². The average Bonchev–Trinajstić information content (AvgIpc) is 3.66. The highest BCUT2D eigenvalue weighted by Crippen LogP contribution is 2.43. The van der Waals surface area contributed by atoms with Gasteiger partial charge in [-0.3, -0.25) is 4.40 Å². The highest BCUT2D eigenvalue weighted by molar-refractivity contribution is 6.14. The second kappa shape index (κ2) is 12.6. The summed E-state index contributed by atoms with van der Waals surface area (Å²) >= 11 is 0. The van der Waals surface area contributed by atoms with Crippen LogP contribution in [-0.2, 0) is 0 Å². The van der Waals surface area contributed by atoms with E-state index in [1.54, 1.807) is 0 Å². The summed E-state index contributed by atoms with van der Waals surface area (Å²) < 4.78 is 2.21. The van der Waals surface area contributed by atoms with Gasteiger partial charge >= 0.3 is 0 Å². The summed E-state index contributed by atoms with van der Waals surface area (Å²) in [7, 11) is 0. The Kier molecular flexibility index (Phi) is 7.14. The van der Waals surface area contributed by atoms with Crippen molar-refractivity contribution < 1.29 is 0 Å². The minimum absolute atomic E-state index is 0.696. The lowest BCUT2D eigenvalue weighted by atomic mass is 9.91. The molecule has 256 valence electrons. The molecule has 0 bridgehead atoms. The Morgan fingerprint density at radius 2 is 0.909 bits per heavy atom. The molecular weight excluding hydrogens is 669 g/mol. The lowest BCUT2D eigenvalue weighted by Crippen LogP contribution is -2.01. The van der Waals surface area contributed by atoms with Crippen molar-refractivity contribution in [2.24, 2.45) is 0 Å². The van der Waals surface area contributed by atoms with Crippen molar-refractivity contribution in [3.63, 3.8) is 0 Å². The number of benzene rings is 8. The summed E-state index contributed by atoms with van der Waals surface area (Å²) in [6.45, 7) is 0. The molecule has 8 aromatic carbocycles. The Labute approximate surface area is 317 Å². The minimum atomic E-state index is 0.696. The van der Waals surface area contributed by atoms with E-state index in [1.807, 2.05) is 6.07 Å². The first-order valence-corrected chi connectivity index (χ1v) is 18.6. The maximum atomic E-state index is 5.53. The van der Waals surface area contributed by atoms with E-state index in [2.05, 4.69) is 193 Å². The Hall–Kier alpha value is -7.43. The molecule has 0 aliphatic rings. The van der Waals surface area contributed by atoms with Crippen LogP contribution in [0.3, 0.4) is 0 Å². The van der Waals surface area contributed by atoms with E-state index in [4.69, 9.17) is 15.0 Å². The van der Waals surface area contributed by atoms with Gasteiger partial charge in [-0.2, -0.15) is 0 Å². The normalized spacial score (nSPS) is 11.6. The number of rotatable bonds is 5. The predicted molar refractivity (Wildman–Crippen MR) is 228 cm³/mol. The van der Waals surface area contributed by atoms with E-state index < -0.39 is 0 Å². The van der Waals surface area contributed by atoms with Crippen molar-refractivity contribution in [1.82, 2.24) is 19.4 Å². The molecule has 0 radical (unpaired) electrons. The summed E-state index contributed by atoms with van der Waals surface area (Å²) in [6.07, 6.45) is 2.11. The van der Waals surface area contributed by atoms with Crippen LogP contribution in [0.15, 0.2) is 194 Å². The Bertz CT molecular complexity index is 3200. The van der Waals surface area contributed by atoms with E-state index in [0.717, 1.165) is 88.6 Å². The molecule has 0 unspecified atom stereocenters. The molecule has 0 N–H and O–H groups in total. The summed E-state index contributed by atoms with van der Waals surface area (Å²) in [5.41, 5.74) is 12.1. The first-order valence-electron chi connectivity index (χ1n) is 18.6. The monoisotopic (exact) mass is 700 g/mol. The Balaban J connectivity index is 1.22. The highest BCUT2D eigenvalue weighted by Gasteiger charge is 2.23. The fourth-order valence-electron chi connectivity index (χ4n) is 8.27. The molecule has 0 saturated carbocycles. The summed E-state index contributed by atoms with van der Waals surface area (Å²) in [5, 5.41) is 6.99. The van der Waals surface area contributed by atoms with Gasteiger partial charge in [0.25, 0.3) is 0 Å². The van der Waals surface area contributed by atoms with Gasteiger partial charge in [-0.05, 0) is 68.4 Å². The van der Waals surface area contributed by atoms with Crippen LogP contribution in [0.5, 0.6) is 0 Å². The molecule has 4 nitrogen and oxygen atoms in total. The number of pyridine rings is 1. The number of nitrogens with zero attached hydrogens (tertiary/aromatic N) is 4. The zero-order valence-electron chi connectivity index (χ0n) is 29.8. The van der Waals surface area contributed by atoms with Crippen LogP contribution >= 0.6 is 0 Å². The molecule has 11 rings (SSSR count). The molecule has 0 aliphatic heterocycles. The van der Waals surface area contributed by atoms with Crippen molar-refractivity contribution in [3.05, 3.63) is 194 Å². The Morgan fingerprint density at radius 3 is 1.64 bits per heavy atom. The van der Waals surface area contributed by atoms with Crippen molar-refractivity contribution in [2.45, 2.75) is 0 Å². The molecule has 4 heteroatoms. The molecule has 3 heterocycles. The number of aromatic nitrogens is 4. The number of imidazole rings is 1. The summed E-state index contributed by atoms with van der Waals surface area (Å²) in [6, 6.07) is 66.3. The molecule has 0 fully saturated rings. The average molecular weight is 701 g/mol. The largest absolute Gasteiger partial charge is 0.299 e. The lowest BCUT2D eigenvalue weighted by Gasteiger charge is -2.19. The van der Waals surface area contributed by atoms with E-state index in [1.165, 1.54) is 10.8 Å². The summed E-state index contributed by atoms with van der Waals surface area (Å²) in [4.78, 5) is 16.2. The summed E-state index contributed by atoms with van der Waals surface area (Å²) in [5.74, 6) is 0.696. The number of hydrogen-bond acceptors (Lipinski definition) is 3. The van der Waals surface area contributed by atoms with Gasteiger partial charge in [0.05, 0.1) is 22.4 Å². The van der Waals surface area contributed by atoms with Crippen molar-refractivity contribution in [1.29, 1.82) is 0 Å². The molecule has 0 amide bonds. The van der Waals surface area contributed by atoms with E-state index in [9.17, 15) is 0 Å². The van der Waals surface area contributed by atoms with Gasteiger partial charge in [0, 0.05) is 39.4 Å². The molecule has 3 aromatic heterocycles. The second-order valence-corrected chi connectivity index (χ2v) is 14.0. The third kappa shape index (κ3) is 5.11. The minimum Gasteiger partial charge on any atom is -0.299 e. The molecule has 0 atom stereocenters. The Morgan fingerprint density at radius 1 is 0.364 bits per heavy atom. The van der Waals surface area contributed by atoms with E-state index in [-0.39, 0.29) is 0 Å². The zero-order chi connectivity index (χ0) is 36.3. The predicted octanol–water partition coefficient (Wildman–Crippen LogP) is 13.1. The van der Waals surface area contributed by atoms with Gasteiger partial charge in [0.2, 0.25) is 0 Å². The molecule has 0 spiro atoms. The van der Waals surface area contributed by atoms with E-state index in [0.29, 0.717) is 5.82 Å². The SMILES string of the molecule is c1ccc(-c2nc(-c3cc4ccccc4c4ccccc34)nc(-c3ccccc3)c2-c2cccc(-c3cc4ccccc4c4nc5ccccn5c34)c2)cc1. The molecule has 0 saturated heterocycles. The standard InChI is InChI=1S/C51H32N4/c1-3-16-33(17-4-1)47-46(38-23-15-22-35(30-38)43-31-37-21-8-10-25-40(37)49-50(43)55-29-14-13-28-45(55)52-49)48(34-18-5-2-6-19-34)54-51(53-47)44-32-36-20-7-9-24-39(36)41-26-11-12-27-42(41)44/h1-32H. The van der Waals surface area contributed by atoms with Crippen LogP contribution in [0.25, 0.3) is 105 Å². The van der Waals surface area contributed by atoms with Crippen molar-refractivity contribution >= 4 is 49.0 Å². The first kappa shape index (κ1) is 31.1. The molecule has 55 heavy (non-hydrogen) atoms. The van der Waals surface area contributed by atoms with E-state index >= 15 is 0 Å². The molecule has 0 aliphatic carbocycles. The van der Waals surface area contributed by atoms with Gasteiger partial charge in [-0.15, -0.1) is 0 Å². The van der Waals surface area contributed by atoms with Gasteiger partial charge in [-0.1, -0.05) is 158 Å². The maximum absolute atomic E-state index is 5.53. The smallest absolute Gasteiger partial charge is 0.161 e. The van der Waals surface area contributed by atoms with Gasteiger partial charge in [0.15, 0.2) is 5.82 Å². The third-order valence-electron chi connectivity index (χ3n) is 10.8. The molecular formula is C51H32N4. The molecule has 11 aromatic rings. The third-order valence-corrected chi connectivity index (χ3v) is 10.8. The maximum Gasteiger partial charge on any atom is 0.161 e. The highest BCUT2D eigenvalue weighted by atomic mass is 15.0. The lowest BCUT2D eigenvalue weighted by molar-refractivity contribution is 1.19. The topological polar surface area (TPSA) is 43.1 Å². The van der Waals surface area contributed by atoms with Gasteiger partial charge in [-0.25, -0.2) is 15.0 Å². The van der Waals surface area contributed by atoms with Crippen LogP contribution in [0.1, 0.15) is 0 Å². The van der Waals surface area contributed by atoms with Crippen LogP contribution in [-0.4, -0.2) is 19.4 Å². The van der Waals surface area contributed by atoms with Crippen LogP contribution in [0.4, 0.5) is 0 Å². The van der Waals surface area contributed by atoms with Crippen LogP contribution in [0, 0.1) is 0 Å². The van der Waals surface area contributed by atoms with Gasteiger partial charge < -0.3 is 0 Å². The fraction of sp³-hybridized carbons (Fsp3) is 0. The zero-order valence-corrected chi connectivity index (χ0v) is 29.8.